The second-order valence-electron chi connectivity index (χ2n) is 4.64. The molecule has 1 aliphatic heterocycles. The van der Waals surface area contributed by atoms with Crippen LogP contribution in [0, 0.1) is 0 Å². The van der Waals surface area contributed by atoms with Gasteiger partial charge < -0.3 is 9.88 Å². The smallest absolute Gasteiger partial charge is 0.240 e. The fourth-order valence-corrected chi connectivity index (χ4v) is 2.80. The number of likely N-dealkylation sites (N-methyl/N-ethyl adjacent to an activating group) is 1. The minimum Gasteiger partial charge on any atom is -0.347 e. The first kappa shape index (κ1) is 12.3. The van der Waals surface area contributed by atoms with Crippen molar-refractivity contribution in [3.63, 3.8) is 0 Å². The van der Waals surface area contributed by atoms with E-state index in [9.17, 15) is 4.79 Å². The Kier molecular flexibility index (Phi) is 3.31. The van der Waals surface area contributed by atoms with Gasteiger partial charge in [0.15, 0.2) is 0 Å². The van der Waals surface area contributed by atoms with E-state index in [2.05, 4.69) is 20.3 Å². The fourth-order valence-electron chi connectivity index (χ4n) is 2.25. The van der Waals surface area contributed by atoms with Gasteiger partial charge in [0.1, 0.15) is 0 Å². The van der Waals surface area contributed by atoms with Gasteiger partial charge in [-0.15, -0.1) is 11.3 Å². The van der Waals surface area contributed by atoms with Crippen molar-refractivity contribution < 1.29 is 4.79 Å². The molecule has 2 aromatic rings. The van der Waals surface area contributed by atoms with Gasteiger partial charge in [0, 0.05) is 25.4 Å². The molecule has 1 atom stereocenters. The van der Waals surface area contributed by atoms with E-state index >= 15 is 0 Å². The molecular formula is C12H15N5OS. The van der Waals surface area contributed by atoms with Gasteiger partial charge in [-0.1, -0.05) is 0 Å². The standard InChI is InChI=1S/C12H15N5OS/c1-17(4-8-5-19-7-16-8)12(18)10-2-9-11(3-13-10)15-6-14-9/h5-7,10,13H,2-4H2,1H3,(H,14,15). The number of rotatable bonds is 3. The number of nitrogens with one attached hydrogen (secondary N) is 2. The number of aromatic amines is 1. The van der Waals surface area contributed by atoms with Crippen LogP contribution in [0.4, 0.5) is 0 Å². The number of aromatic nitrogens is 3. The van der Waals surface area contributed by atoms with E-state index in [0.29, 0.717) is 19.5 Å². The zero-order valence-corrected chi connectivity index (χ0v) is 11.4. The van der Waals surface area contributed by atoms with Crippen molar-refractivity contribution in [2.24, 2.45) is 0 Å². The van der Waals surface area contributed by atoms with Gasteiger partial charge in [-0.3, -0.25) is 10.1 Å². The molecule has 0 fully saturated rings. The highest BCUT2D eigenvalue weighted by atomic mass is 32.1. The number of hydrogen-bond donors (Lipinski definition) is 2. The molecule has 2 N–H and O–H groups in total. The highest BCUT2D eigenvalue weighted by Crippen LogP contribution is 2.14. The van der Waals surface area contributed by atoms with E-state index in [0.717, 1.165) is 17.1 Å². The molecule has 0 saturated heterocycles. The Bertz CT molecular complexity index is 564. The average Bonchev–Trinajstić information content (AvgIpc) is 3.07. The van der Waals surface area contributed by atoms with Gasteiger partial charge in [-0.2, -0.15) is 0 Å². The summed E-state index contributed by atoms with van der Waals surface area (Å²) in [5.41, 5.74) is 4.77. The third kappa shape index (κ3) is 2.52. The van der Waals surface area contributed by atoms with E-state index in [-0.39, 0.29) is 11.9 Å². The van der Waals surface area contributed by atoms with Crippen LogP contribution >= 0.6 is 11.3 Å². The maximum Gasteiger partial charge on any atom is 0.240 e. The number of carbonyl (C=O) groups is 1. The van der Waals surface area contributed by atoms with Crippen molar-refractivity contribution >= 4 is 17.2 Å². The summed E-state index contributed by atoms with van der Waals surface area (Å²) in [6.07, 6.45) is 2.32. The van der Waals surface area contributed by atoms with Gasteiger partial charge >= 0.3 is 0 Å². The predicted molar refractivity (Wildman–Crippen MR) is 71.5 cm³/mol. The normalized spacial score (nSPS) is 18.1. The highest BCUT2D eigenvalue weighted by Gasteiger charge is 2.28. The molecule has 1 unspecified atom stereocenters. The Morgan fingerprint density at radius 1 is 1.58 bits per heavy atom. The summed E-state index contributed by atoms with van der Waals surface area (Å²) in [6, 6.07) is -0.195. The van der Waals surface area contributed by atoms with Crippen LogP contribution in [-0.4, -0.2) is 38.8 Å². The van der Waals surface area contributed by atoms with Crippen LogP contribution in [0.15, 0.2) is 17.2 Å². The van der Waals surface area contributed by atoms with Gasteiger partial charge in [-0.05, 0) is 0 Å². The number of carbonyl (C=O) groups excluding carboxylic acids is 1. The van der Waals surface area contributed by atoms with Crippen LogP contribution in [0.25, 0.3) is 0 Å². The van der Waals surface area contributed by atoms with Crippen LogP contribution in [0.2, 0.25) is 0 Å². The van der Waals surface area contributed by atoms with Gasteiger partial charge in [0.25, 0.3) is 0 Å². The summed E-state index contributed by atoms with van der Waals surface area (Å²) >= 11 is 1.54. The summed E-state index contributed by atoms with van der Waals surface area (Å²) in [5.74, 6) is 0.0849. The highest BCUT2D eigenvalue weighted by molar-refractivity contribution is 7.07. The largest absolute Gasteiger partial charge is 0.347 e. The Balaban J connectivity index is 1.65. The molecule has 0 aromatic carbocycles. The number of fused-ring (bicyclic) bond motifs is 1. The number of hydrogen-bond acceptors (Lipinski definition) is 5. The number of amides is 1. The molecule has 0 saturated carbocycles. The minimum atomic E-state index is -0.195. The minimum absolute atomic E-state index is 0.0849. The molecule has 100 valence electrons. The van der Waals surface area contributed by atoms with Gasteiger partial charge in [-0.25, -0.2) is 9.97 Å². The third-order valence-electron chi connectivity index (χ3n) is 3.29. The second-order valence-corrected chi connectivity index (χ2v) is 5.36. The Labute approximate surface area is 114 Å². The van der Waals surface area contributed by atoms with E-state index in [1.807, 2.05) is 12.4 Å². The number of H-pyrrole nitrogens is 1. The zero-order valence-electron chi connectivity index (χ0n) is 10.6. The zero-order chi connectivity index (χ0) is 13.2. The van der Waals surface area contributed by atoms with Crippen LogP contribution in [0.1, 0.15) is 17.1 Å². The van der Waals surface area contributed by atoms with Crippen LogP contribution < -0.4 is 5.32 Å². The molecule has 0 bridgehead atoms. The maximum absolute atomic E-state index is 12.4. The first-order valence-corrected chi connectivity index (χ1v) is 7.05. The lowest BCUT2D eigenvalue weighted by molar-refractivity contribution is -0.132. The Hall–Kier alpha value is -1.73. The third-order valence-corrected chi connectivity index (χ3v) is 3.92. The van der Waals surface area contributed by atoms with Crippen LogP contribution in [0.3, 0.4) is 0 Å². The lowest BCUT2D eigenvalue weighted by Gasteiger charge is -2.26. The van der Waals surface area contributed by atoms with Gasteiger partial charge in [0.2, 0.25) is 5.91 Å². The Morgan fingerprint density at radius 3 is 3.26 bits per heavy atom. The summed E-state index contributed by atoms with van der Waals surface area (Å²) in [4.78, 5) is 25.6. The van der Waals surface area contributed by atoms with Crippen molar-refractivity contribution in [1.29, 1.82) is 0 Å². The quantitative estimate of drug-likeness (QED) is 0.859. The summed E-state index contributed by atoms with van der Waals surface area (Å²) in [5, 5.41) is 5.20. The first-order valence-electron chi connectivity index (χ1n) is 6.10. The van der Waals surface area contributed by atoms with Gasteiger partial charge in [0.05, 0.1) is 41.5 Å². The molecule has 19 heavy (non-hydrogen) atoms. The van der Waals surface area contributed by atoms with E-state index < -0.39 is 0 Å². The topological polar surface area (TPSA) is 73.9 Å². The molecule has 3 heterocycles. The van der Waals surface area contributed by atoms with E-state index in [1.165, 1.54) is 0 Å². The summed E-state index contributed by atoms with van der Waals surface area (Å²) in [6.45, 7) is 1.21. The number of imidazole rings is 1. The molecule has 6 nitrogen and oxygen atoms in total. The van der Waals surface area contributed by atoms with Crippen LogP contribution in [0.5, 0.6) is 0 Å². The first-order chi connectivity index (χ1) is 9.24. The molecule has 7 heteroatoms. The van der Waals surface area contributed by atoms with E-state index in [4.69, 9.17) is 0 Å². The predicted octanol–water partition coefficient (Wildman–Crippen LogP) is 0.539. The maximum atomic E-state index is 12.4. The van der Waals surface area contributed by atoms with Crippen LogP contribution in [-0.2, 0) is 24.3 Å². The summed E-state index contributed by atoms with van der Waals surface area (Å²) in [7, 11) is 1.81. The molecule has 1 aliphatic rings. The molecule has 0 spiro atoms. The molecule has 0 aliphatic carbocycles. The fraction of sp³-hybridized carbons (Fsp3) is 0.417. The molecule has 2 aromatic heterocycles. The van der Waals surface area contributed by atoms with Crippen molar-refractivity contribution in [1.82, 2.24) is 25.2 Å². The van der Waals surface area contributed by atoms with Crippen molar-refractivity contribution in [3.05, 3.63) is 34.3 Å². The van der Waals surface area contributed by atoms with Crippen molar-refractivity contribution in [2.45, 2.75) is 25.6 Å². The SMILES string of the molecule is CN(Cc1cscn1)C(=O)C1Cc2nc[nH]c2CN1. The lowest BCUT2D eigenvalue weighted by atomic mass is 10.0. The summed E-state index contributed by atoms with van der Waals surface area (Å²) < 4.78 is 0. The molecule has 3 rings (SSSR count). The van der Waals surface area contributed by atoms with Crippen molar-refractivity contribution in [2.75, 3.05) is 7.05 Å². The molecule has 1 amide bonds. The Morgan fingerprint density at radius 2 is 2.47 bits per heavy atom. The van der Waals surface area contributed by atoms with E-state index in [1.54, 1.807) is 28.1 Å². The average molecular weight is 277 g/mol. The number of thiazole rings is 1. The molecule has 0 radical (unpaired) electrons. The number of nitrogens with zero attached hydrogens (tertiary/aromatic N) is 3. The van der Waals surface area contributed by atoms with Crippen molar-refractivity contribution in [3.8, 4) is 0 Å². The lowest BCUT2D eigenvalue weighted by Crippen LogP contribution is -2.48. The second kappa shape index (κ2) is 5.10. The molecular weight excluding hydrogens is 262 g/mol. The monoisotopic (exact) mass is 277 g/mol.